The summed E-state index contributed by atoms with van der Waals surface area (Å²) >= 11 is 0. The van der Waals surface area contributed by atoms with Crippen molar-refractivity contribution in [1.82, 2.24) is 15.3 Å². The molecule has 2 rings (SSSR count). The Bertz CT molecular complexity index is 476. The second-order valence-corrected chi connectivity index (χ2v) is 2.81. The predicted molar refractivity (Wildman–Crippen MR) is 52.9 cm³/mol. The molecule has 14 heavy (non-hydrogen) atoms. The van der Waals surface area contributed by atoms with E-state index in [4.69, 9.17) is 0 Å². The van der Waals surface area contributed by atoms with Crippen LogP contribution >= 0.6 is 0 Å². The van der Waals surface area contributed by atoms with Gasteiger partial charge in [-0.3, -0.25) is 14.8 Å². The summed E-state index contributed by atoms with van der Waals surface area (Å²) in [6, 6.07) is 5.35. The lowest BCUT2D eigenvalue weighted by atomic mass is 10.1. The Morgan fingerprint density at radius 1 is 1.29 bits per heavy atom. The fourth-order valence-electron chi connectivity index (χ4n) is 1.31. The summed E-state index contributed by atoms with van der Waals surface area (Å²) in [5, 5.41) is 2.57. The molecule has 0 fully saturated rings. The van der Waals surface area contributed by atoms with Crippen molar-refractivity contribution in [3.63, 3.8) is 0 Å². The van der Waals surface area contributed by atoms with Gasteiger partial charge in [0.25, 0.3) is 5.91 Å². The van der Waals surface area contributed by atoms with Crippen LogP contribution in [-0.4, -0.2) is 22.9 Å². The van der Waals surface area contributed by atoms with Crippen LogP contribution in [0.5, 0.6) is 0 Å². The first-order valence-electron chi connectivity index (χ1n) is 4.25. The van der Waals surface area contributed by atoms with Crippen LogP contribution in [0.3, 0.4) is 0 Å². The maximum atomic E-state index is 11.4. The number of carbonyl (C=O) groups excluding carboxylic acids is 1. The minimum atomic E-state index is -0.142. The molecule has 0 aliphatic heterocycles. The number of rotatable bonds is 1. The summed E-state index contributed by atoms with van der Waals surface area (Å²) in [5.41, 5.74) is 1.92. The molecule has 0 atom stereocenters. The van der Waals surface area contributed by atoms with Crippen molar-refractivity contribution in [2.75, 3.05) is 7.05 Å². The lowest BCUT2D eigenvalue weighted by Crippen LogP contribution is -2.18. The summed E-state index contributed by atoms with van der Waals surface area (Å²) in [4.78, 5) is 19.7. The molecule has 0 saturated carbocycles. The van der Waals surface area contributed by atoms with Crippen LogP contribution in [-0.2, 0) is 0 Å². The van der Waals surface area contributed by atoms with Crippen LogP contribution in [0.1, 0.15) is 10.4 Å². The number of hydrogen-bond acceptors (Lipinski definition) is 3. The smallest absolute Gasteiger partial charge is 0.253 e. The zero-order valence-corrected chi connectivity index (χ0v) is 7.69. The number of amides is 1. The van der Waals surface area contributed by atoms with Crippen LogP contribution < -0.4 is 5.32 Å². The molecule has 1 amide bonds. The van der Waals surface area contributed by atoms with Crippen molar-refractivity contribution in [2.24, 2.45) is 0 Å². The second kappa shape index (κ2) is 3.41. The maximum absolute atomic E-state index is 11.4. The molecule has 0 saturated heterocycles. The van der Waals surface area contributed by atoms with Crippen molar-refractivity contribution in [1.29, 1.82) is 0 Å². The highest BCUT2D eigenvalue weighted by molar-refractivity contribution is 6.04. The Kier molecular flexibility index (Phi) is 2.10. The number of nitrogens with zero attached hydrogens (tertiary/aromatic N) is 2. The SMILES string of the molecule is CNC(=O)c1cccc2nccnc12. The van der Waals surface area contributed by atoms with Gasteiger partial charge in [0.05, 0.1) is 11.1 Å². The van der Waals surface area contributed by atoms with Crippen LogP contribution in [0.25, 0.3) is 11.0 Å². The van der Waals surface area contributed by atoms with Gasteiger partial charge in [-0.2, -0.15) is 0 Å². The van der Waals surface area contributed by atoms with Gasteiger partial charge < -0.3 is 5.32 Å². The van der Waals surface area contributed by atoms with Crippen LogP contribution in [0.2, 0.25) is 0 Å². The molecule has 1 aromatic heterocycles. The normalized spacial score (nSPS) is 10.1. The zero-order valence-electron chi connectivity index (χ0n) is 7.69. The van der Waals surface area contributed by atoms with E-state index in [1.165, 1.54) is 0 Å². The van der Waals surface area contributed by atoms with Gasteiger partial charge in [-0.1, -0.05) is 6.07 Å². The van der Waals surface area contributed by atoms with Gasteiger partial charge in [-0.15, -0.1) is 0 Å². The van der Waals surface area contributed by atoms with Gasteiger partial charge in [0.2, 0.25) is 0 Å². The first-order valence-corrected chi connectivity index (χ1v) is 4.25. The first-order chi connectivity index (χ1) is 6.83. The third-order valence-electron chi connectivity index (χ3n) is 1.97. The Labute approximate surface area is 81.0 Å². The molecular weight excluding hydrogens is 178 g/mol. The number of benzene rings is 1. The topological polar surface area (TPSA) is 54.9 Å². The molecule has 0 aliphatic carbocycles. The molecule has 1 heterocycles. The fourth-order valence-corrected chi connectivity index (χ4v) is 1.31. The van der Waals surface area contributed by atoms with Gasteiger partial charge in [0.15, 0.2) is 0 Å². The van der Waals surface area contributed by atoms with Crippen LogP contribution in [0, 0.1) is 0 Å². The lowest BCUT2D eigenvalue weighted by Gasteiger charge is -2.02. The lowest BCUT2D eigenvalue weighted by molar-refractivity contribution is 0.0964. The number of hydrogen-bond donors (Lipinski definition) is 1. The molecule has 0 unspecified atom stereocenters. The molecule has 1 N–H and O–H groups in total. The standard InChI is InChI=1S/C10H9N3O/c1-11-10(14)7-3-2-4-8-9(7)13-6-5-12-8/h2-6H,1H3,(H,11,14). The molecule has 4 heteroatoms. The fraction of sp³-hybridized carbons (Fsp3) is 0.100. The molecule has 0 radical (unpaired) electrons. The van der Waals surface area contributed by atoms with E-state index < -0.39 is 0 Å². The Balaban J connectivity index is 2.71. The average Bonchev–Trinajstić information content (AvgIpc) is 2.27. The van der Waals surface area contributed by atoms with E-state index in [1.807, 2.05) is 6.07 Å². The van der Waals surface area contributed by atoms with E-state index in [0.29, 0.717) is 11.1 Å². The Morgan fingerprint density at radius 3 is 2.86 bits per heavy atom. The van der Waals surface area contributed by atoms with Crippen molar-refractivity contribution in [3.8, 4) is 0 Å². The molecule has 0 bridgehead atoms. The highest BCUT2D eigenvalue weighted by Crippen LogP contribution is 2.12. The monoisotopic (exact) mass is 187 g/mol. The van der Waals surface area contributed by atoms with Gasteiger partial charge >= 0.3 is 0 Å². The number of fused-ring (bicyclic) bond motifs is 1. The van der Waals surface area contributed by atoms with E-state index in [1.54, 1.807) is 31.6 Å². The highest BCUT2D eigenvalue weighted by atomic mass is 16.1. The predicted octanol–water partition coefficient (Wildman–Crippen LogP) is 0.989. The minimum Gasteiger partial charge on any atom is -0.355 e. The molecule has 0 aliphatic rings. The maximum Gasteiger partial charge on any atom is 0.253 e. The second-order valence-electron chi connectivity index (χ2n) is 2.81. The minimum absolute atomic E-state index is 0.142. The van der Waals surface area contributed by atoms with Crippen molar-refractivity contribution in [3.05, 3.63) is 36.2 Å². The third kappa shape index (κ3) is 1.31. The quantitative estimate of drug-likeness (QED) is 0.724. The molecule has 2 aromatic rings. The molecule has 70 valence electrons. The van der Waals surface area contributed by atoms with Crippen molar-refractivity contribution < 1.29 is 4.79 Å². The van der Waals surface area contributed by atoms with Gasteiger partial charge in [-0.25, -0.2) is 0 Å². The first kappa shape index (κ1) is 8.62. The van der Waals surface area contributed by atoms with Gasteiger partial charge in [0.1, 0.15) is 5.52 Å². The number of carbonyl (C=O) groups is 1. The summed E-state index contributed by atoms with van der Waals surface area (Å²) in [7, 11) is 1.59. The largest absolute Gasteiger partial charge is 0.355 e. The average molecular weight is 187 g/mol. The summed E-state index contributed by atoms with van der Waals surface area (Å²) in [6.07, 6.45) is 3.19. The summed E-state index contributed by atoms with van der Waals surface area (Å²) in [6.45, 7) is 0. The van der Waals surface area contributed by atoms with Gasteiger partial charge in [0, 0.05) is 19.4 Å². The van der Waals surface area contributed by atoms with Crippen molar-refractivity contribution >= 4 is 16.9 Å². The van der Waals surface area contributed by atoms with E-state index in [-0.39, 0.29) is 5.91 Å². The van der Waals surface area contributed by atoms with Gasteiger partial charge in [-0.05, 0) is 12.1 Å². The van der Waals surface area contributed by atoms with E-state index in [0.717, 1.165) is 5.52 Å². The Hall–Kier alpha value is -1.97. The number of aromatic nitrogens is 2. The van der Waals surface area contributed by atoms with Crippen molar-refractivity contribution in [2.45, 2.75) is 0 Å². The van der Waals surface area contributed by atoms with Crippen LogP contribution in [0.15, 0.2) is 30.6 Å². The third-order valence-corrected chi connectivity index (χ3v) is 1.97. The zero-order chi connectivity index (χ0) is 9.97. The molecule has 1 aromatic carbocycles. The molecule has 4 nitrogen and oxygen atoms in total. The summed E-state index contributed by atoms with van der Waals surface area (Å²) in [5.74, 6) is -0.142. The van der Waals surface area contributed by atoms with E-state index in [9.17, 15) is 4.79 Å². The molecular formula is C10H9N3O. The number of nitrogens with one attached hydrogen (secondary N) is 1. The Morgan fingerprint density at radius 2 is 2.07 bits per heavy atom. The van der Waals surface area contributed by atoms with Crippen LogP contribution in [0.4, 0.5) is 0 Å². The van der Waals surface area contributed by atoms with E-state index >= 15 is 0 Å². The van der Waals surface area contributed by atoms with E-state index in [2.05, 4.69) is 15.3 Å². The summed E-state index contributed by atoms with van der Waals surface area (Å²) < 4.78 is 0. The number of para-hydroxylation sites is 1. The molecule has 0 spiro atoms. The highest BCUT2D eigenvalue weighted by Gasteiger charge is 2.08.